The maximum atomic E-state index is 10.4. The molecule has 0 unspecified atom stereocenters. The van der Waals surface area contributed by atoms with Crippen molar-refractivity contribution in [2.75, 3.05) is 13.3 Å². The second-order valence-electron chi connectivity index (χ2n) is 4.32. The predicted molar refractivity (Wildman–Crippen MR) is 56.8 cm³/mol. The van der Waals surface area contributed by atoms with Crippen LogP contribution in [0.15, 0.2) is 0 Å². The van der Waals surface area contributed by atoms with Crippen LogP contribution in [0.4, 0.5) is 0 Å². The summed E-state index contributed by atoms with van der Waals surface area (Å²) in [5.74, 6) is -0.226. The van der Waals surface area contributed by atoms with Gasteiger partial charge in [-0.1, -0.05) is 0 Å². The molecule has 0 atom stereocenters. The highest BCUT2D eigenvalue weighted by Gasteiger charge is 2.08. The summed E-state index contributed by atoms with van der Waals surface area (Å²) in [6, 6.07) is 0. The molecule has 0 bridgehead atoms. The van der Waals surface area contributed by atoms with Crippen LogP contribution >= 0.6 is 0 Å². The molecule has 0 aliphatic rings. The lowest BCUT2D eigenvalue weighted by atomic mass is 10.2. The second kappa shape index (κ2) is 6.79. The van der Waals surface area contributed by atoms with E-state index in [1.807, 2.05) is 20.8 Å². The molecule has 84 valence electrons. The summed E-state index contributed by atoms with van der Waals surface area (Å²) < 4.78 is 5.45. The Morgan fingerprint density at radius 1 is 1.36 bits per heavy atom. The van der Waals surface area contributed by atoms with Crippen molar-refractivity contribution in [3.05, 3.63) is 0 Å². The lowest BCUT2D eigenvalue weighted by molar-refractivity contribution is -0.118. The van der Waals surface area contributed by atoms with Crippen molar-refractivity contribution >= 4 is 5.91 Å². The Hall–Kier alpha value is -0.610. The average molecular weight is 202 g/mol. The van der Waals surface area contributed by atoms with Crippen molar-refractivity contribution in [2.45, 2.75) is 45.6 Å². The molecule has 14 heavy (non-hydrogen) atoms. The summed E-state index contributed by atoms with van der Waals surface area (Å²) in [5, 5.41) is 3.14. The van der Waals surface area contributed by atoms with Gasteiger partial charge in [-0.25, -0.2) is 0 Å². The Labute approximate surface area is 86.2 Å². The molecule has 3 N–H and O–H groups in total. The van der Waals surface area contributed by atoms with E-state index in [2.05, 4.69) is 5.32 Å². The van der Waals surface area contributed by atoms with Gasteiger partial charge in [0, 0.05) is 6.42 Å². The van der Waals surface area contributed by atoms with Gasteiger partial charge in [-0.05, 0) is 40.2 Å². The van der Waals surface area contributed by atoms with Crippen molar-refractivity contribution < 1.29 is 9.53 Å². The summed E-state index contributed by atoms with van der Waals surface area (Å²) in [6.07, 6.45) is 2.27. The molecule has 0 spiro atoms. The van der Waals surface area contributed by atoms with Crippen LogP contribution in [0.1, 0.15) is 40.0 Å². The maximum Gasteiger partial charge on any atom is 0.217 e. The zero-order chi connectivity index (χ0) is 11.0. The highest BCUT2D eigenvalue weighted by Crippen LogP contribution is 2.04. The standard InChI is InChI=1S/C10H22N2O2/c1-10(2,3)14-8-12-7-5-4-6-9(11)13/h12H,4-8H2,1-3H3,(H2,11,13). The van der Waals surface area contributed by atoms with E-state index in [9.17, 15) is 4.79 Å². The molecule has 0 fully saturated rings. The van der Waals surface area contributed by atoms with Crippen LogP contribution < -0.4 is 11.1 Å². The van der Waals surface area contributed by atoms with Gasteiger partial charge in [-0.15, -0.1) is 0 Å². The van der Waals surface area contributed by atoms with Crippen LogP contribution in [-0.4, -0.2) is 24.8 Å². The lowest BCUT2D eigenvalue weighted by Gasteiger charge is -2.19. The zero-order valence-electron chi connectivity index (χ0n) is 9.43. The number of nitrogens with two attached hydrogens (primary N) is 1. The normalized spacial score (nSPS) is 11.6. The molecule has 0 saturated heterocycles. The molecular weight excluding hydrogens is 180 g/mol. The van der Waals surface area contributed by atoms with Crippen molar-refractivity contribution in [1.29, 1.82) is 0 Å². The largest absolute Gasteiger partial charge is 0.370 e. The first kappa shape index (κ1) is 13.4. The molecule has 4 nitrogen and oxygen atoms in total. The minimum Gasteiger partial charge on any atom is -0.370 e. The van der Waals surface area contributed by atoms with E-state index in [0.717, 1.165) is 19.4 Å². The highest BCUT2D eigenvalue weighted by atomic mass is 16.5. The summed E-state index contributed by atoms with van der Waals surface area (Å²) in [4.78, 5) is 10.4. The first-order valence-electron chi connectivity index (χ1n) is 5.05. The minimum absolute atomic E-state index is 0.0970. The van der Waals surface area contributed by atoms with Crippen LogP contribution in [-0.2, 0) is 9.53 Å². The number of ether oxygens (including phenoxy) is 1. The fourth-order valence-electron chi connectivity index (χ4n) is 0.889. The van der Waals surface area contributed by atoms with Crippen LogP contribution in [0.25, 0.3) is 0 Å². The quantitative estimate of drug-likeness (QED) is 0.478. The summed E-state index contributed by atoms with van der Waals surface area (Å²) >= 11 is 0. The van der Waals surface area contributed by atoms with Crippen molar-refractivity contribution in [1.82, 2.24) is 5.32 Å². The number of amides is 1. The average Bonchev–Trinajstić information content (AvgIpc) is 2.00. The monoisotopic (exact) mass is 202 g/mol. The SMILES string of the molecule is CC(C)(C)OCNCCCCC(N)=O. The van der Waals surface area contributed by atoms with Gasteiger partial charge in [-0.2, -0.15) is 0 Å². The molecule has 1 amide bonds. The fraction of sp³-hybridized carbons (Fsp3) is 0.900. The molecule has 0 rings (SSSR count). The fourth-order valence-corrected chi connectivity index (χ4v) is 0.889. The van der Waals surface area contributed by atoms with Crippen LogP contribution in [0.3, 0.4) is 0 Å². The topological polar surface area (TPSA) is 64.3 Å². The first-order valence-corrected chi connectivity index (χ1v) is 5.05. The van der Waals surface area contributed by atoms with Crippen molar-refractivity contribution in [3.63, 3.8) is 0 Å². The third-order valence-corrected chi connectivity index (χ3v) is 1.63. The van der Waals surface area contributed by atoms with E-state index < -0.39 is 0 Å². The van der Waals surface area contributed by atoms with Gasteiger partial charge < -0.3 is 10.5 Å². The lowest BCUT2D eigenvalue weighted by Crippen LogP contribution is -2.28. The smallest absolute Gasteiger partial charge is 0.217 e. The van der Waals surface area contributed by atoms with Crippen LogP contribution in [0, 0.1) is 0 Å². The number of nitrogens with one attached hydrogen (secondary N) is 1. The van der Waals surface area contributed by atoms with Gasteiger partial charge in [0.05, 0.1) is 12.3 Å². The molecule has 0 radical (unpaired) electrons. The van der Waals surface area contributed by atoms with E-state index in [0.29, 0.717) is 13.2 Å². The van der Waals surface area contributed by atoms with Crippen molar-refractivity contribution in [3.8, 4) is 0 Å². The number of unbranched alkanes of at least 4 members (excludes halogenated alkanes) is 1. The van der Waals surface area contributed by atoms with Gasteiger partial charge in [0.2, 0.25) is 5.91 Å². The Balaban J connectivity index is 3.11. The highest BCUT2D eigenvalue weighted by molar-refractivity contribution is 5.73. The Morgan fingerprint density at radius 2 is 2.00 bits per heavy atom. The van der Waals surface area contributed by atoms with E-state index in [-0.39, 0.29) is 11.5 Å². The van der Waals surface area contributed by atoms with E-state index in [1.165, 1.54) is 0 Å². The number of hydrogen-bond donors (Lipinski definition) is 2. The summed E-state index contributed by atoms with van der Waals surface area (Å²) in [5.41, 5.74) is 4.91. The first-order chi connectivity index (χ1) is 6.42. The molecule has 0 heterocycles. The Morgan fingerprint density at radius 3 is 2.50 bits per heavy atom. The molecule has 0 aromatic rings. The van der Waals surface area contributed by atoms with Gasteiger partial charge >= 0.3 is 0 Å². The van der Waals surface area contributed by atoms with Gasteiger partial charge in [0.1, 0.15) is 0 Å². The third-order valence-electron chi connectivity index (χ3n) is 1.63. The maximum absolute atomic E-state index is 10.4. The number of carbonyl (C=O) groups is 1. The predicted octanol–water partition coefficient (Wildman–Crippen LogP) is 1.00. The van der Waals surface area contributed by atoms with Crippen LogP contribution in [0.2, 0.25) is 0 Å². The molecule has 0 aliphatic heterocycles. The molecule has 4 heteroatoms. The number of rotatable bonds is 7. The van der Waals surface area contributed by atoms with Crippen LogP contribution in [0.5, 0.6) is 0 Å². The van der Waals surface area contributed by atoms with E-state index >= 15 is 0 Å². The Kier molecular flexibility index (Phi) is 6.49. The minimum atomic E-state index is -0.226. The molecule has 0 aromatic heterocycles. The number of hydrogen-bond acceptors (Lipinski definition) is 3. The zero-order valence-corrected chi connectivity index (χ0v) is 9.43. The summed E-state index contributed by atoms with van der Waals surface area (Å²) in [6.45, 7) is 7.47. The number of carbonyl (C=O) groups excluding carboxylic acids is 1. The molecule has 0 aromatic carbocycles. The van der Waals surface area contributed by atoms with Crippen molar-refractivity contribution in [2.24, 2.45) is 5.73 Å². The summed E-state index contributed by atoms with van der Waals surface area (Å²) in [7, 11) is 0. The molecule has 0 saturated carbocycles. The van der Waals surface area contributed by atoms with E-state index in [1.54, 1.807) is 0 Å². The van der Waals surface area contributed by atoms with Gasteiger partial charge in [0.15, 0.2) is 0 Å². The van der Waals surface area contributed by atoms with Gasteiger partial charge in [0.25, 0.3) is 0 Å². The second-order valence-corrected chi connectivity index (χ2v) is 4.32. The van der Waals surface area contributed by atoms with E-state index in [4.69, 9.17) is 10.5 Å². The number of primary amides is 1. The molecule has 0 aliphatic carbocycles. The third kappa shape index (κ3) is 11.4. The molecular formula is C10H22N2O2. The van der Waals surface area contributed by atoms with Gasteiger partial charge in [-0.3, -0.25) is 10.1 Å². The Bertz CT molecular complexity index is 164.